The molecule has 1 aromatic heterocycles. The summed E-state index contributed by atoms with van der Waals surface area (Å²) in [5.41, 5.74) is 4.14. The first-order valence-electron chi connectivity index (χ1n) is 9.15. The van der Waals surface area contributed by atoms with Crippen molar-refractivity contribution in [1.29, 1.82) is 0 Å². The van der Waals surface area contributed by atoms with Crippen LogP contribution in [0.3, 0.4) is 0 Å². The third-order valence-corrected chi connectivity index (χ3v) is 6.15. The van der Waals surface area contributed by atoms with E-state index in [4.69, 9.17) is 9.72 Å². The van der Waals surface area contributed by atoms with E-state index in [2.05, 4.69) is 17.1 Å². The highest BCUT2D eigenvalue weighted by atomic mass is 32.1. The Morgan fingerprint density at radius 3 is 2.89 bits per heavy atom. The van der Waals surface area contributed by atoms with Crippen LogP contribution in [0.4, 0.5) is 5.13 Å². The molecule has 4 nitrogen and oxygen atoms in total. The van der Waals surface area contributed by atoms with E-state index < -0.39 is 0 Å². The lowest BCUT2D eigenvalue weighted by Crippen LogP contribution is -2.02. The number of nitrogens with zero attached hydrogens (tertiary/aromatic N) is 2. The number of aromatic nitrogens is 1. The number of hydrogen-bond donors (Lipinski definition) is 1. The highest BCUT2D eigenvalue weighted by Crippen LogP contribution is 2.40. The first-order valence-corrected chi connectivity index (χ1v) is 9.96. The Labute approximate surface area is 166 Å². The Morgan fingerprint density at radius 2 is 2.00 bits per heavy atom. The number of aryl methyl sites for hydroxylation is 2. The predicted molar refractivity (Wildman–Crippen MR) is 114 cm³/mol. The third kappa shape index (κ3) is 2.84. The van der Waals surface area contributed by atoms with E-state index in [9.17, 15) is 5.11 Å². The second-order valence-corrected chi connectivity index (χ2v) is 7.83. The van der Waals surface area contributed by atoms with Crippen molar-refractivity contribution in [2.75, 3.05) is 7.11 Å². The SMILES string of the molecule is COc1ccc2c(c1)-c1nc(/N=C/c3c(O)ccc4ccccc34)sc1CC2. The van der Waals surface area contributed by atoms with Crippen LogP contribution in [-0.4, -0.2) is 23.4 Å². The van der Waals surface area contributed by atoms with Crippen LogP contribution < -0.4 is 4.74 Å². The zero-order valence-corrected chi connectivity index (χ0v) is 16.2. The molecule has 4 aromatic rings. The molecule has 1 N–H and O–H groups in total. The van der Waals surface area contributed by atoms with Crippen molar-refractivity contribution >= 4 is 33.5 Å². The van der Waals surface area contributed by atoms with Gasteiger partial charge in [-0.1, -0.05) is 47.7 Å². The number of phenolic OH excluding ortho intramolecular Hbond substituents is 1. The van der Waals surface area contributed by atoms with Gasteiger partial charge in [0, 0.05) is 22.2 Å². The van der Waals surface area contributed by atoms with Gasteiger partial charge in [0.15, 0.2) is 0 Å². The van der Waals surface area contributed by atoms with Gasteiger partial charge in [-0.3, -0.25) is 0 Å². The number of aliphatic imine (C=N–C) groups is 1. The van der Waals surface area contributed by atoms with Crippen molar-refractivity contribution < 1.29 is 9.84 Å². The summed E-state index contributed by atoms with van der Waals surface area (Å²) in [6, 6.07) is 17.8. The Kier molecular flexibility index (Phi) is 4.10. The van der Waals surface area contributed by atoms with Gasteiger partial charge in [0.1, 0.15) is 11.5 Å². The van der Waals surface area contributed by atoms with Gasteiger partial charge < -0.3 is 9.84 Å². The van der Waals surface area contributed by atoms with Gasteiger partial charge >= 0.3 is 0 Å². The fraction of sp³-hybridized carbons (Fsp3) is 0.130. The van der Waals surface area contributed by atoms with Gasteiger partial charge in [-0.05, 0) is 47.4 Å². The maximum absolute atomic E-state index is 10.3. The van der Waals surface area contributed by atoms with Crippen molar-refractivity contribution in [2.45, 2.75) is 12.8 Å². The monoisotopic (exact) mass is 386 g/mol. The molecule has 0 fully saturated rings. The number of ether oxygens (including phenoxy) is 1. The summed E-state index contributed by atoms with van der Waals surface area (Å²) in [5.74, 6) is 1.06. The normalized spacial score (nSPS) is 12.9. The van der Waals surface area contributed by atoms with Gasteiger partial charge in [0.2, 0.25) is 5.13 Å². The van der Waals surface area contributed by atoms with Crippen molar-refractivity contribution in [3.05, 3.63) is 70.6 Å². The second kappa shape index (κ2) is 6.77. The predicted octanol–water partition coefficient (Wildman–Crippen LogP) is 5.53. The summed E-state index contributed by atoms with van der Waals surface area (Å²) < 4.78 is 5.38. The quantitative estimate of drug-likeness (QED) is 0.471. The molecule has 1 aliphatic rings. The summed E-state index contributed by atoms with van der Waals surface area (Å²) in [6.45, 7) is 0. The van der Waals surface area contributed by atoms with E-state index in [0.29, 0.717) is 10.7 Å². The van der Waals surface area contributed by atoms with Crippen molar-refractivity contribution in [3.8, 4) is 22.8 Å². The molecule has 0 spiro atoms. The highest BCUT2D eigenvalue weighted by Gasteiger charge is 2.21. The van der Waals surface area contributed by atoms with Crippen molar-refractivity contribution in [1.82, 2.24) is 4.98 Å². The number of rotatable bonds is 3. The van der Waals surface area contributed by atoms with Gasteiger partial charge in [-0.15, -0.1) is 0 Å². The summed E-state index contributed by atoms with van der Waals surface area (Å²) in [5, 5.41) is 13.1. The zero-order valence-electron chi connectivity index (χ0n) is 15.3. The molecular formula is C23H18N2O2S. The molecule has 0 radical (unpaired) electrons. The minimum Gasteiger partial charge on any atom is -0.507 e. The molecule has 0 saturated heterocycles. The van der Waals surface area contributed by atoms with Gasteiger partial charge in [0.05, 0.1) is 12.8 Å². The lowest BCUT2D eigenvalue weighted by atomic mass is 9.93. The molecule has 5 rings (SSSR count). The van der Waals surface area contributed by atoms with Crippen LogP contribution in [0.15, 0.2) is 59.6 Å². The van der Waals surface area contributed by atoms with Gasteiger partial charge in [0.25, 0.3) is 0 Å². The Bertz CT molecular complexity index is 1230. The molecule has 0 bridgehead atoms. The largest absolute Gasteiger partial charge is 0.507 e. The number of hydrogen-bond acceptors (Lipinski definition) is 5. The molecule has 0 unspecified atom stereocenters. The van der Waals surface area contributed by atoms with Crippen LogP contribution in [-0.2, 0) is 12.8 Å². The maximum atomic E-state index is 10.3. The highest BCUT2D eigenvalue weighted by molar-refractivity contribution is 7.15. The number of benzene rings is 3. The average Bonchev–Trinajstić information content (AvgIpc) is 3.16. The molecule has 0 amide bonds. The van der Waals surface area contributed by atoms with Crippen LogP contribution in [0.5, 0.6) is 11.5 Å². The lowest BCUT2D eigenvalue weighted by molar-refractivity contribution is 0.415. The van der Waals surface area contributed by atoms with Crippen LogP contribution in [0.1, 0.15) is 16.0 Å². The van der Waals surface area contributed by atoms with Crippen LogP contribution in [0.2, 0.25) is 0 Å². The van der Waals surface area contributed by atoms with E-state index in [1.165, 1.54) is 10.4 Å². The van der Waals surface area contributed by atoms with E-state index in [0.717, 1.165) is 40.6 Å². The van der Waals surface area contributed by atoms with Crippen molar-refractivity contribution in [2.24, 2.45) is 4.99 Å². The molecule has 0 atom stereocenters. The Balaban J connectivity index is 1.55. The fourth-order valence-corrected chi connectivity index (χ4v) is 4.60. The van der Waals surface area contributed by atoms with Crippen LogP contribution in [0, 0.1) is 0 Å². The fourth-order valence-electron chi connectivity index (χ4n) is 3.68. The Morgan fingerprint density at radius 1 is 1.11 bits per heavy atom. The van der Waals surface area contributed by atoms with Crippen LogP contribution in [0.25, 0.3) is 22.0 Å². The van der Waals surface area contributed by atoms with Gasteiger partial charge in [-0.25, -0.2) is 9.98 Å². The number of thiazole rings is 1. The smallest absolute Gasteiger partial charge is 0.209 e. The number of methoxy groups -OCH3 is 1. The molecule has 1 heterocycles. The molecule has 28 heavy (non-hydrogen) atoms. The van der Waals surface area contributed by atoms with E-state index in [1.54, 1.807) is 30.7 Å². The molecular weight excluding hydrogens is 368 g/mol. The molecule has 138 valence electrons. The first-order chi connectivity index (χ1) is 13.7. The van der Waals surface area contributed by atoms with Gasteiger partial charge in [-0.2, -0.15) is 0 Å². The number of fused-ring (bicyclic) bond motifs is 4. The minimum atomic E-state index is 0.221. The molecule has 1 aliphatic carbocycles. The first kappa shape index (κ1) is 17.0. The van der Waals surface area contributed by atoms with E-state index in [1.807, 2.05) is 36.4 Å². The Hall–Kier alpha value is -3.18. The topological polar surface area (TPSA) is 54.7 Å². The minimum absolute atomic E-state index is 0.221. The van der Waals surface area contributed by atoms with E-state index >= 15 is 0 Å². The van der Waals surface area contributed by atoms with E-state index in [-0.39, 0.29) is 5.75 Å². The second-order valence-electron chi connectivity index (χ2n) is 6.77. The molecule has 3 aromatic carbocycles. The molecule has 0 aliphatic heterocycles. The number of aromatic hydroxyl groups is 1. The average molecular weight is 386 g/mol. The summed E-state index contributed by atoms with van der Waals surface area (Å²) in [4.78, 5) is 10.6. The standard InChI is InChI=1S/C23H18N2O2S/c1-27-16-9-6-15-8-11-21-22(18(15)12-16)25-23(28-21)24-13-19-17-5-3-2-4-14(17)7-10-20(19)26/h2-7,9-10,12-13,26H,8,11H2,1H3/b24-13+. The summed E-state index contributed by atoms with van der Waals surface area (Å²) in [7, 11) is 1.68. The lowest BCUT2D eigenvalue weighted by Gasteiger charge is -2.15. The molecule has 0 saturated carbocycles. The molecule has 5 heteroatoms. The van der Waals surface area contributed by atoms with Crippen molar-refractivity contribution in [3.63, 3.8) is 0 Å². The van der Waals surface area contributed by atoms with Crippen LogP contribution >= 0.6 is 11.3 Å². The maximum Gasteiger partial charge on any atom is 0.209 e. The summed E-state index contributed by atoms with van der Waals surface area (Å²) >= 11 is 1.61. The zero-order chi connectivity index (χ0) is 19.1. The summed E-state index contributed by atoms with van der Waals surface area (Å²) in [6.07, 6.45) is 3.69. The number of phenols is 1. The third-order valence-electron chi connectivity index (χ3n) is 5.13.